The van der Waals surface area contributed by atoms with Crippen molar-refractivity contribution in [1.82, 2.24) is 5.32 Å². The Hall–Kier alpha value is -0.610. The average Bonchev–Trinajstić information content (AvgIpc) is 2.27. The Balaban J connectivity index is 2.33. The van der Waals surface area contributed by atoms with E-state index >= 15 is 0 Å². The van der Waals surface area contributed by atoms with Crippen LogP contribution in [0.3, 0.4) is 0 Å². The van der Waals surface area contributed by atoms with Crippen LogP contribution in [0.2, 0.25) is 0 Å². The van der Waals surface area contributed by atoms with Crippen molar-refractivity contribution in [2.45, 2.75) is 63.5 Å². The summed E-state index contributed by atoms with van der Waals surface area (Å²) in [7, 11) is 0. The number of carbonyl (C=O) groups excluding carboxylic acids is 1. The predicted molar refractivity (Wildman–Crippen MR) is 63.9 cm³/mol. The van der Waals surface area contributed by atoms with Crippen molar-refractivity contribution in [2.75, 3.05) is 6.54 Å². The van der Waals surface area contributed by atoms with Crippen LogP contribution in [0.4, 0.5) is 0 Å². The van der Waals surface area contributed by atoms with Crippen molar-refractivity contribution >= 4 is 5.91 Å². The summed E-state index contributed by atoms with van der Waals surface area (Å²) in [5, 5.41) is 12.3. The first-order valence-electron chi connectivity index (χ1n) is 6.34. The molecule has 1 fully saturated rings. The Morgan fingerprint density at radius 1 is 1.44 bits per heavy atom. The van der Waals surface area contributed by atoms with E-state index in [0.717, 1.165) is 38.5 Å². The van der Waals surface area contributed by atoms with Crippen LogP contribution in [0.5, 0.6) is 0 Å². The van der Waals surface area contributed by atoms with Crippen molar-refractivity contribution < 1.29 is 9.90 Å². The molecule has 4 nitrogen and oxygen atoms in total. The van der Waals surface area contributed by atoms with Crippen LogP contribution in [0, 0.1) is 0 Å². The zero-order valence-electron chi connectivity index (χ0n) is 10.2. The lowest BCUT2D eigenvalue weighted by Gasteiger charge is -2.32. The van der Waals surface area contributed by atoms with Crippen LogP contribution in [-0.4, -0.2) is 29.2 Å². The van der Waals surface area contributed by atoms with Gasteiger partial charge in [-0.05, 0) is 19.3 Å². The lowest BCUT2D eigenvalue weighted by molar-refractivity contribution is -0.128. The molecule has 1 amide bonds. The molecule has 0 aliphatic heterocycles. The van der Waals surface area contributed by atoms with Gasteiger partial charge in [-0.25, -0.2) is 0 Å². The summed E-state index contributed by atoms with van der Waals surface area (Å²) < 4.78 is 0. The number of hydrogen-bond donors (Lipinski definition) is 3. The molecule has 0 bridgehead atoms. The van der Waals surface area contributed by atoms with Crippen LogP contribution in [-0.2, 0) is 4.79 Å². The van der Waals surface area contributed by atoms with Gasteiger partial charge in [-0.15, -0.1) is 0 Å². The van der Waals surface area contributed by atoms with E-state index in [4.69, 9.17) is 5.73 Å². The molecule has 94 valence electrons. The minimum absolute atomic E-state index is 0.0950. The van der Waals surface area contributed by atoms with E-state index < -0.39 is 11.6 Å². The molecule has 0 radical (unpaired) electrons. The fourth-order valence-corrected chi connectivity index (χ4v) is 2.23. The predicted octanol–water partition coefficient (Wildman–Crippen LogP) is 0.925. The molecule has 1 rings (SSSR count). The number of carbonyl (C=O) groups is 1. The molecule has 0 aromatic heterocycles. The third kappa shape index (κ3) is 3.76. The second-order valence-corrected chi connectivity index (χ2v) is 4.87. The van der Waals surface area contributed by atoms with Crippen molar-refractivity contribution in [1.29, 1.82) is 0 Å². The zero-order chi connectivity index (χ0) is 12.0. The van der Waals surface area contributed by atoms with E-state index in [1.165, 1.54) is 6.42 Å². The van der Waals surface area contributed by atoms with Gasteiger partial charge in [-0.1, -0.05) is 32.6 Å². The second kappa shape index (κ2) is 6.21. The van der Waals surface area contributed by atoms with Gasteiger partial charge >= 0.3 is 0 Å². The highest BCUT2D eigenvalue weighted by atomic mass is 16.3. The third-order valence-corrected chi connectivity index (χ3v) is 3.32. The first-order chi connectivity index (χ1) is 7.58. The van der Waals surface area contributed by atoms with Crippen molar-refractivity contribution in [2.24, 2.45) is 5.73 Å². The van der Waals surface area contributed by atoms with E-state index in [1.54, 1.807) is 0 Å². The number of aliphatic hydroxyl groups excluding tert-OH is 1. The van der Waals surface area contributed by atoms with Crippen molar-refractivity contribution in [3.8, 4) is 0 Å². The minimum atomic E-state index is -0.690. The highest BCUT2D eigenvalue weighted by Crippen LogP contribution is 2.25. The standard InChI is InChI=1S/C12H24N2O2/c1-2-6-10(15)9-14-11(16)12(13)7-4-3-5-8-12/h10,15H,2-9,13H2,1H3,(H,14,16). The summed E-state index contributed by atoms with van der Waals surface area (Å²) >= 11 is 0. The van der Waals surface area contributed by atoms with Gasteiger partial charge in [0.25, 0.3) is 0 Å². The second-order valence-electron chi connectivity index (χ2n) is 4.87. The Labute approximate surface area is 97.6 Å². The normalized spacial score (nSPS) is 21.4. The fourth-order valence-electron chi connectivity index (χ4n) is 2.23. The van der Waals surface area contributed by atoms with Gasteiger partial charge in [-0.3, -0.25) is 4.79 Å². The first kappa shape index (κ1) is 13.5. The molecule has 4 heteroatoms. The maximum absolute atomic E-state index is 11.9. The fraction of sp³-hybridized carbons (Fsp3) is 0.917. The van der Waals surface area contributed by atoms with Crippen molar-refractivity contribution in [3.05, 3.63) is 0 Å². The minimum Gasteiger partial charge on any atom is -0.391 e. The molecule has 4 N–H and O–H groups in total. The summed E-state index contributed by atoms with van der Waals surface area (Å²) in [5.41, 5.74) is 5.38. The van der Waals surface area contributed by atoms with Gasteiger partial charge in [0, 0.05) is 6.54 Å². The SMILES string of the molecule is CCCC(O)CNC(=O)C1(N)CCCCC1. The Kier molecular flexibility index (Phi) is 5.22. The summed E-state index contributed by atoms with van der Waals surface area (Å²) in [5.74, 6) is -0.0950. The highest BCUT2D eigenvalue weighted by Gasteiger charge is 2.35. The molecular formula is C12H24N2O2. The van der Waals surface area contributed by atoms with Gasteiger partial charge in [0.2, 0.25) is 5.91 Å². The highest BCUT2D eigenvalue weighted by molar-refractivity contribution is 5.86. The maximum Gasteiger partial charge on any atom is 0.240 e. The number of hydrogen-bond acceptors (Lipinski definition) is 3. The largest absolute Gasteiger partial charge is 0.391 e. The summed E-state index contributed by atoms with van der Waals surface area (Å²) in [6.07, 6.45) is 5.96. The lowest BCUT2D eigenvalue weighted by atomic mass is 9.82. The molecule has 1 aliphatic rings. The van der Waals surface area contributed by atoms with E-state index in [1.807, 2.05) is 6.92 Å². The molecule has 0 aromatic carbocycles. The number of aliphatic hydroxyl groups is 1. The summed E-state index contributed by atoms with van der Waals surface area (Å²) in [6, 6.07) is 0. The van der Waals surface area contributed by atoms with Crippen LogP contribution in [0.25, 0.3) is 0 Å². The molecule has 1 unspecified atom stereocenters. The van der Waals surface area contributed by atoms with Crippen LogP contribution >= 0.6 is 0 Å². The molecule has 16 heavy (non-hydrogen) atoms. The van der Waals surface area contributed by atoms with E-state index in [9.17, 15) is 9.90 Å². The molecule has 1 aliphatic carbocycles. The first-order valence-corrected chi connectivity index (χ1v) is 6.34. The Morgan fingerprint density at radius 2 is 2.06 bits per heavy atom. The molecule has 1 saturated carbocycles. The average molecular weight is 228 g/mol. The molecule has 1 atom stereocenters. The molecule has 0 heterocycles. The van der Waals surface area contributed by atoms with Crippen LogP contribution in [0.1, 0.15) is 51.9 Å². The number of rotatable bonds is 5. The van der Waals surface area contributed by atoms with E-state index in [2.05, 4.69) is 5.32 Å². The Morgan fingerprint density at radius 3 is 2.62 bits per heavy atom. The monoisotopic (exact) mass is 228 g/mol. The van der Waals surface area contributed by atoms with Gasteiger partial charge in [0.15, 0.2) is 0 Å². The van der Waals surface area contributed by atoms with E-state index in [-0.39, 0.29) is 5.91 Å². The van der Waals surface area contributed by atoms with Crippen molar-refractivity contribution in [3.63, 3.8) is 0 Å². The lowest BCUT2D eigenvalue weighted by Crippen LogP contribution is -2.56. The Bertz CT molecular complexity index is 225. The molecule has 0 spiro atoms. The molecule has 0 aromatic rings. The quantitative estimate of drug-likeness (QED) is 0.655. The number of nitrogens with two attached hydrogens (primary N) is 1. The van der Waals surface area contributed by atoms with Gasteiger partial charge < -0.3 is 16.2 Å². The molecule has 0 saturated heterocycles. The van der Waals surface area contributed by atoms with Crippen LogP contribution < -0.4 is 11.1 Å². The van der Waals surface area contributed by atoms with Gasteiger partial charge in [0.05, 0.1) is 11.6 Å². The summed E-state index contributed by atoms with van der Waals surface area (Å²) in [4.78, 5) is 11.9. The van der Waals surface area contributed by atoms with Gasteiger partial charge in [0.1, 0.15) is 0 Å². The molecular weight excluding hydrogens is 204 g/mol. The smallest absolute Gasteiger partial charge is 0.240 e. The van der Waals surface area contributed by atoms with Crippen LogP contribution in [0.15, 0.2) is 0 Å². The zero-order valence-corrected chi connectivity index (χ0v) is 10.2. The number of nitrogens with one attached hydrogen (secondary N) is 1. The summed E-state index contributed by atoms with van der Waals surface area (Å²) in [6.45, 7) is 2.34. The maximum atomic E-state index is 11.9. The topological polar surface area (TPSA) is 75.3 Å². The number of amides is 1. The van der Waals surface area contributed by atoms with E-state index in [0.29, 0.717) is 6.54 Å². The third-order valence-electron chi connectivity index (χ3n) is 3.32. The van der Waals surface area contributed by atoms with Gasteiger partial charge in [-0.2, -0.15) is 0 Å².